The molecule has 5 heteroatoms. The first-order valence-corrected chi connectivity index (χ1v) is 10.7. The molecule has 4 nitrogen and oxygen atoms in total. The number of carboxylic acids is 1. The Balaban J connectivity index is 2.35. The second-order valence-electron chi connectivity index (χ2n) is 9.91. The molecule has 1 atom stereocenters. The normalized spacial score (nSPS) is 17.3. The molecule has 0 fully saturated rings. The van der Waals surface area contributed by atoms with Crippen molar-refractivity contribution in [2.45, 2.75) is 66.7 Å². The van der Waals surface area contributed by atoms with Gasteiger partial charge in [-0.1, -0.05) is 50.3 Å². The zero-order valence-electron chi connectivity index (χ0n) is 18.8. The maximum Gasteiger partial charge on any atom is 0.303 e. The molecule has 30 heavy (non-hydrogen) atoms. The van der Waals surface area contributed by atoms with E-state index < -0.39 is 5.97 Å². The summed E-state index contributed by atoms with van der Waals surface area (Å²) in [5.41, 5.74) is 2.68. The molecule has 0 saturated heterocycles. The molecule has 2 rings (SSSR count). The van der Waals surface area contributed by atoms with Gasteiger partial charge in [0.05, 0.1) is 5.02 Å². The largest absolute Gasteiger partial charge is 0.481 e. The van der Waals surface area contributed by atoms with Gasteiger partial charge in [-0.3, -0.25) is 9.59 Å². The van der Waals surface area contributed by atoms with E-state index in [-0.39, 0.29) is 29.1 Å². The minimum Gasteiger partial charge on any atom is -0.481 e. The highest BCUT2D eigenvalue weighted by atomic mass is 35.5. The third-order valence-corrected chi connectivity index (χ3v) is 5.31. The Bertz CT molecular complexity index is 907. The summed E-state index contributed by atoms with van der Waals surface area (Å²) in [5.74, 6) is 5.46. The van der Waals surface area contributed by atoms with Gasteiger partial charge in [-0.15, -0.1) is 0 Å². The van der Waals surface area contributed by atoms with Crippen LogP contribution < -0.4 is 0 Å². The molecule has 0 aliphatic carbocycles. The average Bonchev–Trinajstić information content (AvgIpc) is 2.59. The van der Waals surface area contributed by atoms with Crippen LogP contribution in [0.1, 0.15) is 77.8 Å². The van der Waals surface area contributed by atoms with Crippen LogP contribution in [0.2, 0.25) is 5.02 Å². The summed E-state index contributed by atoms with van der Waals surface area (Å²) >= 11 is 6.53. The third-order valence-electron chi connectivity index (χ3n) is 4.99. The molecule has 0 bridgehead atoms. The quantitative estimate of drug-likeness (QED) is 0.597. The summed E-state index contributed by atoms with van der Waals surface area (Å²) in [5, 5.41) is 9.46. The molecule has 1 amide bonds. The summed E-state index contributed by atoms with van der Waals surface area (Å²) in [6.07, 6.45) is 2.75. The lowest BCUT2D eigenvalue weighted by atomic mass is 9.73. The van der Waals surface area contributed by atoms with Crippen LogP contribution in [0.25, 0.3) is 0 Å². The number of aliphatic carboxylic acids is 1. The van der Waals surface area contributed by atoms with E-state index in [1.807, 2.05) is 24.4 Å². The number of carboxylic acid groups (broad SMARTS) is 1. The average molecular weight is 430 g/mol. The van der Waals surface area contributed by atoms with Crippen molar-refractivity contribution in [2.24, 2.45) is 10.8 Å². The smallest absolute Gasteiger partial charge is 0.303 e. The Kier molecular flexibility index (Phi) is 7.42. The molecular formula is C25H32ClNO3. The SMILES string of the molecule is CC(C)(C)C#Cc1ccc(C2CC(=O)N(CCCC(=O)O)C=C2C(C)(C)C)cc1Cl. The summed E-state index contributed by atoms with van der Waals surface area (Å²) in [7, 11) is 0. The van der Waals surface area contributed by atoms with Gasteiger partial charge in [0, 0.05) is 42.5 Å². The molecule has 1 N–H and O–H groups in total. The second-order valence-corrected chi connectivity index (χ2v) is 10.3. The lowest BCUT2D eigenvalue weighted by molar-refractivity contribution is -0.138. The first kappa shape index (κ1) is 24.0. The van der Waals surface area contributed by atoms with Crippen LogP contribution in [0.15, 0.2) is 30.0 Å². The van der Waals surface area contributed by atoms with Crippen molar-refractivity contribution in [1.29, 1.82) is 0 Å². The molecule has 0 spiro atoms. The Morgan fingerprint density at radius 2 is 1.90 bits per heavy atom. The van der Waals surface area contributed by atoms with Gasteiger partial charge in [-0.2, -0.15) is 0 Å². The molecule has 1 aliphatic rings. The van der Waals surface area contributed by atoms with Crippen molar-refractivity contribution in [3.63, 3.8) is 0 Å². The van der Waals surface area contributed by atoms with Crippen molar-refractivity contribution in [3.05, 3.63) is 46.1 Å². The van der Waals surface area contributed by atoms with Gasteiger partial charge in [0.15, 0.2) is 0 Å². The molecule has 1 unspecified atom stereocenters. The van der Waals surface area contributed by atoms with E-state index in [1.165, 1.54) is 0 Å². The fourth-order valence-electron chi connectivity index (χ4n) is 3.44. The van der Waals surface area contributed by atoms with E-state index in [4.69, 9.17) is 16.7 Å². The molecule has 0 saturated carbocycles. The Morgan fingerprint density at radius 1 is 1.23 bits per heavy atom. The number of carbonyl (C=O) groups excluding carboxylic acids is 1. The van der Waals surface area contributed by atoms with Gasteiger partial charge in [-0.05, 0) is 55.9 Å². The Morgan fingerprint density at radius 3 is 2.43 bits per heavy atom. The second kappa shape index (κ2) is 9.27. The van der Waals surface area contributed by atoms with Crippen molar-refractivity contribution >= 4 is 23.5 Å². The van der Waals surface area contributed by atoms with Gasteiger partial charge in [0.1, 0.15) is 0 Å². The highest BCUT2D eigenvalue weighted by molar-refractivity contribution is 6.31. The number of nitrogens with zero attached hydrogens (tertiary/aromatic N) is 1. The van der Waals surface area contributed by atoms with E-state index in [1.54, 1.807) is 4.90 Å². The van der Waals surface area contributed by atoms with Gasteiger partial charge in [0.2, 0.25) is 5.91 Å². The van der Waals surface area contributed by atoms with Crippen LogP contribution in [0, 0.1) is 22.7 Å². The van der Waals surface area contributed by atoms with Crippen LogP contribution in [0.5, 0.6) is 0 Å². The highest BCUT2D eigenvalue weighted by Gasteiger charge is 2.34. The molecular weight excluding hydrogens is 398 g/mol. The zero-order valence-corrected chi connectivity index (χ0v) is 19.6. The summed E-state index contributed by atoms with van der Waals surface area (Å²) in [6, 6.07) is 5.86. The number of allylic oxidation sites excluding steroid dienone is 1. The first-order valence-electron chi connectivity index (χ1n) is 10.3. The lowest BCUT2D eigenvalue weighted by Crippen LogP contribution is -2.36. The van der Waals surface area contributed by atoms with Crippen molar-refractivity contribution < 1.29 is 14.7 Å². The predicted octanol–water partition coefficient (Wildman–Crippen LogP) is 5.85. The zero-order chi connectivity index (χ0) is 22.7. The summed E-state index contributed by atoms with van der Waals surface area (Å²) in [6.45, 7) is 13.0. The van der Waals surface area contributed by atoms with E-state index in [0.29, 0.717) is 24.4 Å². The molecule has 0 aromatic heterocycles. The maximum atomic E-state index is 12.8. The van der Waals surface area contributed by atoms with Crippen LogP contribution in [-0.4, -0.2) is 28.4 Å². The van der Waals surface area contributed by atoms with Gasteiger partial charge < -0.3 is 10.0 Å². The molecule has 162 valence electrons. The van der Waals surface area contributed by atoms with E-state index in [9.17, 15) is 9.59 Å². The highest BCUT2D eigenvalue weighted by Crippen LogP contribution is 2.43. The minimum absolute atomic E-state index is 0.00566. The number of hydrogen-bond donors (Lipinski definition) is 1. The first-order chi connectivity index (χ1) is 13.8. The van der Waals surface area contributed by atoms with Crippen LogP contribution in [0.4, 0.5) is 0 Å². The standard InChI is InChI=1S/C25H32ClNO3/c1-24(2,3)12-11-17-9-10-18(14-21(17)26)19-15-22(28)27(13-7-8-23(29)30)16-20(19)25(4,5)6/h9-10,14,16,19H,7-8,13,15H2,1-6H3,(H,29,30). The topological polar surface area (TPSA) is 57.6 Å². The van der Waals surface area contributed by atoms with Crippen LogP contribution in [-0.2, 0) is 9.59 Å². The van der Waals surface area contributed by atoms with Gasteiger partial charge >= 0.3 is 5.97 Å². The third kappa shape index (κ3) is 6.64. The Hall–Kier alpha value is -2.25. The van der Waals surface area contributed by atoms with Crippen molar-refractivity contribution in [2.75, 3.05) is 6.54 Å². The molecule has 1 aromatic rings. The van der Waals surface area contributed by atoms with E-state index in [2.05, 4.69) is 53.4 Å². The molecule has 1 aromatic carbocycles. The minimum atomic E-state index is -0.846. The van der Waals surface area contributed by atoms with Crippen LogP contribution >= 0.6 is 11.6 Å². The number of rotatable bonds is 5. The van der Waals surface area contributed by atoms with Gasteiger partial charge in [-0.25, -0.2) is 0 Å². The molecule has 1 aliphatic heterocycles. The number of hydrogen-bond acceptors (Lipinski definition) is 2. The monoisotopic (exact) mass is 429 g/mol. The number of amides is 1. The number of benzene rings is 1. The summed E-state index contributed by atoms with van der Waals surface area (Å²) in [4.78, 5) is 25.2. The fourth-order valence-corrected chi connectivity index (χ4v) is 3.68. The Labute approximate surface area is 185 Å². The number of carbonyl (C=O) groups is 2. The fraction of sp³-hybridized carbons (Fsp3) is 0.520. The molecule has 1 heterocycles. The number of halogens is 1. The van der Waals surface area contributed by atoms with Gasteiger partial charge in [0.25, 0.3) is 0 Å². The van der Waals surface area contributed by atoms with Crippen molar-refractivity contribution in [3.8, 4) is 11.8 Å². The van der Waals surface area contributed by atoms with E-state index >= 15 is 0 Å². The van der Waals surface area contributed by atoms with E-state index in [0.717, 1.165) is 16.7 Å². The summed E-state index contributed by atoms with van der Waals surface area (Å²) < 4.78 is 0. The maximum absolute atomic E-state index is 12.8. The molecule has 0 radical (unpaired) electrons. The van der Waals surface area contributed by atoms with Crippen molar-refractivity contribution in [1.82, 2.24) is 4.90 Å². The van der Waals surface area contributed by atoms with Crippen LogP contribution in [0.3, 0.4) is 0 Å². The lowest BCUT2D eigenvalue weighted by Gasteiger charge is -2.37. The predicted molar refractivity (Wildman–Crippen MR) is 121 cm³/mol.